The monoisotopic (exact) mass is 640 g/mol. The van der Waals surface area contributed by atoms with Crippen molar-refractivity contribution < 1.29 is 33.3 Å². The molecule has 43 heavy (non-hydrogen) atoms. The van der Waals surface area contributed by atoms with E-state index in [0.29, 0.717) is 5.56 Å². The van der Waals surface area contributed by atoms with Crippen molar-refractivity contribution >= 4 is 65.3 Å². The Morgan fingerprint density at radius 1 is 1.02 bits per heavy atom. The van der Waals surface area contributed by atoms with Gasteiger partial charge in [-0.25, -0.2) is 4.79 Å². The fourth-order valence-corrected chi connectivity index (χ4v) is 3.76. The summed E-state index contributed by atoms with van der Waals surface area (Å²) in [7, 11) is 0. The molecule has 1 atom stereocenters. The summed E-state index contributed by atoms with van der Waals surface area (Å²) in [6.45, 7) is 4.73. The van der Waals surface area contributed by atoms with Crippen LogP contribution in [0.2, 0.25) is 0 Å². The Morgan fingerprint density at radius 2 is 1.70 bits per heavy atom. The fraction of sp³-hybridized carbons (Fsp3) is 0.333. The molecule has 1 unspecified atom stereocenters. The lowest BCUT2D eigenvalue weighted by Gasteiger charge is -2.27. The van der Waals surface area contributed by atoms with Gasteiger partial charge in [0.05, 0.1) is 6.07 Å². The first kappa shape index (κ1) is 36.6. The number of carbonyl (C=O) groups is 4. The molecule has 0 aliphatic heterocycles. The lowest BCUT2D eigenvalue weighted by molar-refractivity contribution is -0.402. The minimum atomic E-state index is -1.19. The number of fused-ring (bicyclic) bond motifs is 1. The van der Waals surface area contributed by atoms with E-state index in [1.807, 2.05) is 36.4 Å². The Morgan fingerprint density at radius 3 is 2.30 bits per heavy atom. The smallest absolute Gasteiger partial charge is 0.433 e. The van der Waals surface area contributed by atoms with Gasteiger partial charge in [-0.15, -0.1) is 24.8 Å². The van der Waals surface area contributed by atoms with Crippen molar-refractivity contribution in [3.63, 3.8) is 0 Å². The van der Waals surface area contributed by atoms with Crippen LogP contribution in [0.4, 0.5) is 10.7 Å². The standard InChI is InChI=1S/C27H32N6O8.2ClH/c1-27(2,3)41-26(37)32(13-12-28)16-22(34)29-20(15-17-8-9-18-6-4-5-7-19(18)14-17)24(35)30-31-25(36)21-10-11-23(40-21)33(38)39;;/h4-11,14,20H,12-13,15-16,28H2,1-3H3,(H,29,34)(H,30,35)(H,31,36);2*1H. The molecule has 0 fully saturated rings. The maximum absolute atomic E-state index is 13.1. The van der Waals surface area contributed by atoms with Crippen molar-refractivity contribution in [3.05, 3.63) is 76.0 Å². The average Bonchev–Trinajstić information content (AvgIpc) is 3.41. The molecule has 0 saturated heterocycles. The number of nitrogens with two attached hydrogens (primary N) is 1. The van der Waals surface area contributed by atoms with Crippen LogP contribution in [0.5, 0.6) is 0 Å². The second-order valence-electron chi connectivity index (χ2n) is 10.0. The molecule has 0 aliphatic carbocycles. The number of halogens is 2. The summed E-state index contributed by atoms with van der Waals surface area (Å²) in [5, 5.41) is 15.3. The van der Waals surface area contributed by atoms with Crippen LogP contribution < -0.4 is 21.9 Å². The molecule has 1 heterocycles. The number of carbonyl (C=O) groups excluding carboxylic acids is 4. The largest absolute Gasteiger partial charge is 0.444 e. The van der Waals surface area contributed by atoms with E-state index in [1.54, 1.807) is 26.8 Å². The molecule has 0 bridgehead atoms. The fourth-order valence-electron chi connectivity index (χ4n) is 3.76. The molecule has 4 amide bonds. The number of hydrazine groups is 1. The Kier molecular flexibility index (Phi) is 13.9. The number of furan rings is 1. The van der Waals surface area contributed by atoms with E-state index in [9.17, 15) is 29.3 Å². The molecule has 14 nitrogen and oxygen atoms in total. The average molecular weight is 642 g/mol. The highest BCUT2D eigenvalue weighted by atomic mass is 35.5. The molecule has 234 valence electrons. The molecule has 0 aliphatic rings. The first-order valence-corrected chi connectivity index (χ1v) is 12.7. The van der Waals surface area contributed by atoms with E-state index in [2.05, 4.69) is 16.2 Å². The first-order valence-electron chi connectivity index (χ1n) is 12.7. The van der Waals surface area contributed by atoms with Gasteiger partial charge in [-0.05, 0) is 43.2 Å². The van der Waals surface area contributed by atoms with Crippen molar-refractivity contribution in [3.8, 4) is 0 Å². The molecular weight excluding hydrogens is 607 g/mol. The van der Waals surface area contributed by atoms with Crippen LogP contribution in [0, 0.1) is 10.1 Å². The molecular formula is C27H34Cl2N6O8. The molecule has 0 spiro atoms. The number of nitro groups is 1. The zero-order chi connectivity index (χ0) is 30.2. The molecule has 1 aromatic heterocycles. The van der Waals surface area contributed by atoms with E-state index >= 15 is 0 Å². The van der Waals surface area contributed by atoms with Crippen LogP contribution in [0.15, 0.2) is 59.0 Å². The van der Waals surface area contributed by atoms with Crippen LogP contribution in [0.1, 0.15) is 36.9 Å². The maximum atomic E-state index is 13.1. The highest BCUT2D eigenvalue weighted by Crippen LogP contribution is 2.17. The van der Waals surface area contributed by atoms with Crippen LogP contribution >= 0.6 is 24.8 Å². The van der Waals surface area contributed by atoms with Gasteiger partial charge in [0.25, 0.3) is 5.91 Å². The second-order valence-corrected chi connectivity index (χ2v) is 10.0. The van der Waals surface area contributed by atoms with Gasteiger partial charge in [0.1, 0.15) is 23.1 Å². The highest BCUT2D eigenvalue weighted by molar-refractivity contribution is 5.95. The molecule has 2 aromatic carbocycles. The van der Waals surface area contributed by atoms with Gasteiger partial charge in [0, 0.05) is 19.5 Å². The lowest BCUT2D eigenvalue weighted by atomic mass is 10.0. The van der Waals surface area contributed by atoms with Crippen LogP contribution in [0.3, 0.4) is 0 Å². The van der Waals surface area contributed by atoms with Gasteiger partial charge in [-0.2, -0.15) is 0 Å². The minimum absolute atomic E-state index is 0. The van der Waals surface area contributed by atoms with E-state index in [4.69, 9.17) is 14.9 Å². The summed E-state index contributed by atoms with van der Waals surface area (Å²) in [6, 6.07) is 14.0. The summed E-state index contributed by atoms with van der Waals surface area (Å²) in [5.41, 5.74) is 9.84. The van der Waals surface area contributed by atoms with E-state index in [-0.39, 0.29) is 44.3 Å². The van der Waals surface area contributed by atoms with E-state index in [0.717, 1.165) is 27.8 Å². The van der Waals surface area contributed by atoms with Gasteiger partial charge < -0.3 is 20.2 Å². The van der Waals surface area contributed by atoms with Crippen molar-refractivity contribution in [2.75, 3.05) is 19.6 Å². The van der Waals surface area contributed by atoms with Gasteiger partial charge in [0.2, 0.25) is 11.7 Å². The highest BCUT2D eigenvalue weighted by Gasteiger charge is 2.27. The number of hydrogen-bond donors (Lipinski definition) is 4. The predicted molar refractivity (Wildman–Crippen MR) is 162 cm³/mol. The molecule has 5 N–H and O–H groups in total. The third kappa shape index (κ3) is 11.1. The van der Waals surface area contributed by atoms with E-state index in [1.165, 1.54) is 0 Å². The van der Waals surface area contributed by atoms with Crippen molar-refractivity contribution in [2.24, 2.45) is 5.73 Å². The first-order chi connectivity index (χ1) is 19.4. The number of benzene rings is 2. The Hall–Kier alpha value is -4.40. The Labute approximate surface area is 259 Å². The molecule has 0 radical (unpaired) electrons. The topological polar surface area (TPSA) is 199 Å². The maximum Gasteiger partial charge on any atom is 0.433 e. The van der Waals surface area contributed by atoms with Crippen molar-refractivity contribution in [2.45, 2.75) is 38.8 Å². The Bertz CT molecular complexity index is 1440. The van der Waals surface area contributed by atoms with Gasteiger partial charge >= 0.3 is 17.9 Å². The summed E-state index contributed by atoms with van der Waals surface area (Å²) < 4.78 is 10.2. The number of nitrogens with one attached hydrogen (secondary N) is 3. The number of ether oxygens (including phenoxy) is 1. The number of rotatable bonds is 10. The second kappa shape index (κ2) is 16.3. The van der Waals surface area contributed by atoms with Crippen molar-refractivity contribution in [1.82, 2.24) is 21.1 Å². The minimum Gasteiger partial charge on any atom is -0.444 e. The molecule has 16 heteroatoms. The van der Waals surface area contributed by atoms with Crippen LogP contribution in [0.25, 0.3) is 10.8 Å². The van der Waals surface area contributed by atoms with Gasteiger partial charge in [-0.3, -0.25) is 40.2 Å². The lowest BCUT2D eigenvalue weighted by Crippen LogP contribution is -2.55. The van der Waals surface area contributed by atoms with Gasteiger partial charge in [-0.1, -0.05) is 42.5 Å². The molecule has 3 aromatic rings. The van der Waals surface area contributed by atoms with E-state index < -0.39 is 58.6 Å². The zero-order valence-corrected chi connectivity index (χ0v) is 25.3. The molecule has 0 saturated carbocycles. The normalized spacial score (nSPS) is 11.3. The van der Waals surface area contributed by atoms with Crippen LogP contribution in [-0.4, -0.2) is 64.9 Å². The number of nitrogens with zero attached hydrogens (tertiary/aromatic N) is 2. The summed E-state index contributed by atoms with van der Waals surface area (Å²) in [4.78, 5) is 62.1. The van der Waals surface area contributed by atoms with Crippen LogP contribution in [-0.2, 0) is 20.7 Å². The SMILES string of the molecule is CC(C)(C)OC(=O)N(CCN)CC(=O)NC(Cc1ccc2ccccc2c1)C(=O)NNC(=O)c1ccc([N+](=O)[O-])o1.Cl.Cl. The predicted octanol–water partition coefficient (Wildman–Crippen LogP) is 2.87. The third-order valence-corrected chi connectivity index (χ3v) is 5.59. The quantitative estimate of drug-likeness (QED) is 0.190. The number of amides is 4. The summed E-state index contributed by atoms with van der Waals surface area (Å²) in [6.07, 6.45) is -0.707. The summed E-state index contributed by atoms with van der Waals surface area (Å²) in [5.74, 6) is -3.44. The zero-order valence-electron chi connectivity index (χ0n) is 23.7. The number of hydrogen-bond acceptors (Lipinski definition) is 9. The molecule has 3 rings (SSSR count). The van der Waals surface area contributed by atoms with Crippen molar-refractivity contribution in [1.29, 1.82) is 0 Å². The van der Waals surface area contributed by atoms with Gasteiger partial charge in [0.15, 0.2) is 0 Å². The summed E-state index contributed by atoms with van der Waals surface area (Å²) >= 11 is 0. The third-order valence-electron chi connectivity index (χ3n) is 5.59. The Balaban J connectivity index is 0.00000462.